The van der Waals surface area contributed by atoms with E-state index in [-0.39, 0.29) is 25.5 Å². The second-order valence-corrected chi connectivity index (χ2v) is 12.7. The molecule has 0 aliphatic heterocycles. The van der Waals surface area contributed by atoms with Crippen molar-refractivity contribution >= 4 is 21.9 Å². The van der Waals surface area contributed by atoms with Crippen LogP contribution in [0.25, 0.3) is 61.1 Å². The average Bonchev–Trinajstić information content (AvgIpc) is 3.82. The number of imidazole rings is 1. The first-order valence-corrected chi connectivity index (χ1v) is 15.9. The second kappa shape index (κ2) is 14.5. The maximum atomic E-state index is 9.96. The minimum absolute atomic E-state index is 0. The largest absolute Gasteiger partial charge is 3.00 e. The molecule has 0 aliphatic carbocycles. The smallest absolute Gasteiger partial charge is 0.500 e. The van der Waals surface area contributed by atoms with Gasteiger partial charge in [0.2, 0.25) is 6.33 Å². The summed E-state index contributed by atoms with van der Waals surface area (Å²) in [7, 11) is 0. The van der Waals surface area contributed by atoms with Gasteiger partial charge in [-0.15, -0.1) is 18.2 Å². The van der Waals surface area contributed by atoms with E-state index in [4.69, 9.17) is 8.53 Å². The van der Waals surface area contributed by atoms with Gasteiger partial charge in [-0.05, 0) is 45.5 Å². The Kier molecular flexibility index (Phi) is 8.82. The zero-order valence-electron chi connectivity index (χ0n) is 30.7. The van der Waals surface area contributed by atoms with Gasteiger partial charge in [-0.2, -0.15) is 35.6 Å². The number of fused-ring (bicyclic) bond motifs is 3. The van der Waals surface area contributed by atoms with E-state index in [1.165, 1.54) is 11.8 Å². The Hall–Kier alpha value is -5.60. The molecular weight excluding hydrogens is 793 g/mol. The predicted octanol–water partition coefficient (Wildman–Crippen LogP) is 9.85. The predicted molar refractivity (Wildman–Crippen MR) is 195 cm³/mol. The van der Waals surface area contributed by atoms with Gasteiger partial charge in [-0.3, -0.25) is 0 Å². The normalized spacial score (nSPS) is 12.2. The average molecular weight is 830 g/mol. The molecule has 0 N–H and O–H groups in total. The van der Waals surface area contributed by atoms with Crippen LogP contribution in [0.2, 0.25) is 0 Å². The Bertz CT molecular complexity index is 2530. The number of pyridine rings is 1. The summed E-state index contributed by atoms with van der Waals surface area (Å²) in [4.78, 5) is 4.50. The number of aryl methyl sites for hydroxylation is 1. The Balaban J connectivity index is 0.000000252. The number of aromatic nitrogens is 3. The molecular formula is C44H34IrN4O+. The van der Waals surface area contributed by atoms with Gasteiger partial charge in [0.15, 0.2) is 0 Å². The van der Waals surface area contributed by atoms with E-state index < -0.39 is 6.98 Å². The molecule has 50 heavy (non-hydrogen) atoms. The summed E-state index contributed by atoms with van der Waals surface area (Å²) < 4.78 is 30.7. The van der Waals surface area contributed by atoms with E-state index in [1.807, 2.05) is 60.7 Å². The molecule has 3 aromatic heterocycles. The number of benzene rings is 5. The SMILES string of the molecule is CC(C)(C)c1ccc(-c2ccc(-c3c(C#N)ccc4c3oc3c(-c5ccccn5)[c-]ccc34)cc2)cc1.[2H]C([2H])([2H])[n+]1[c-]n(-c2[c-]cccc2)cc1.[Ir+3]. The topological polar surface area (TPSA) is 58.6 Å². The van der Waals surface area contributed by atoms with Gasteiger partial charge in [0, 0.05) is 29.5 Å². The first kappa shape index (κ1) is 30.5. The molecule has 0 bridgehead atoms. The van der Waals surface area contributed by atoms with Crippen LogP contribution in [0.3, 0.4) is 0 Å². The van der Waals surface area contributed by atoms with E-state index in [0.29, 0.717) is 11.1 Å². The third-order valence-electron chi connectivity index (χ3n) is 8.43. The molecule has 0 unspecified atom stereocenters. The van der Waals surface area contributed by atoms with Crippen LogP contribution >= 0.6 is 0 Å². The van der Waals surface area contributed by atoms with Gasteiger partial charge in [0.1, 0.15) is 5.58 Å². The maximum absolute atomic E-state index is 9.96. The van der Waals surface area contributed by atoms with Crippen molar-refractivity contribution in [3.8, 4) is 45.3 Å². The van der Waals surface area contributed by atoms with E-state index in [1.54, 1.807) is 23.0 Å². The Morgan fingerprint density at radius 1 is 0.800 bits per heavy atom. The van der Waals surface area contributed by atoms with Crippen LogP contribution in [0, 0.1) is 29.8 Å². The van der Waals surface area contributed by atoms with Crippen molar-refractivity contribution in [1.29, 1.82) is 5.26 Å². The van der Waals surface area contributed by atoms with Crippen molar-refractivity contribution in [2.24, 2.45) is 6.98 Å². The van der Waals surface area contributed by atoms with Gasteiger partial charge in [-0.1, -0.05) is 104 Å². The summed E-state index contributed by atoms with van der Waals surface area (Å²) in [5.41, 5.74) is 9.86. The molecule has 0 saturated heterocycles. The van der Waals surface area contributed by atoms with Gasteiger partial charge in [0.25, 0.3) is 0 Å². The minimum Gasteiger partial charge on any atom is -0.500 e. The number of furan rings is 1. The zero-order chi connectivity index (χ0) is 36.5. The molecule has 8 aromatic rings. The van der Waals surface area contributed by atoms with Crippen LogP contribution in [-0.4, -0.2) is 9.55 Å². The van der Waals surface area contributed by atoms with Crippen LogP contribution in [0.5, 0.6) is 0 Å². The van der Waals surface area contributed by atoms with E-state index in [2.05, 4.69) is 98.8 Å². The number of hydrogen-bond donors (Lipinski definition) is 0. The first-order chi connectivity index (χ1) is 25.0. The van der Waals surface area contributed by atoms with E-state index in [9.17, 15) is 5.26 Å². The fraction of sp³-hybridized carbons (Fsp3) is 0.114. The Labute approximate surface area is 310 Å². The summed E-state index contributed by atoms with van der Waals surface area (Å²) in [6, 6.07) is 46.6. The first-order valence-electron chi connectivity index (χ1n) is 17.4. The van der Waals surface area contributed by atoms with Crippen LogP contribution in [-0.2, 0) is 32.5 Å². The van der Waals surface area contributed by atoms with Crippen LogP contribution in [0.4, 0.5) is 0 Å². The zero-order valence-corrected chi connectivity index (χ0v) is 30.1. The third-order valence-corrected chi connectivity index (χ3v) is 8.43. The minimum atomic E-state index is -2.18. The molecule has 0 aliphatic rings. The monoisotopic (exact) mass is 830 g/mol. The van der Waals surface area contributed by atoms with E-state index in [0.717, 1.165) is 60.1 Å². The van der Waals surface area contributed by atoms with Crippen molar-refractivity contribution in [2.75, 3.05) is 0 Å². The molecule has 8 rings (SSSR count). The molecule has 5 nitrogen and oxygen atoms in total. The van der Waals surface area contributed by atoms with Gasteiger partial charge < -0.3 is 18.5 Å². The molecule has 0 fully saturated rings. The molecule has 3 heterocycles. The molecule has 0 amide bonds. The summed E-state index contributed by atoms with van der Waals surface area (Å²) >= 11 is 0. The van der Waals surface area contributed by atoms with Crippen LogP contribution in [0.15, 0.2) is 138 Å². The molecule has 5 aromatic carbocycles. The fourth-order valence-electron chi connectivity index (χ4n) is 5.86. The van der Waals surface area contributed by atoms with Crippen LogP contribution < -0.4 is 4.57 Å². The molecule has 0 saturated carbocycles. The fourth-order valence-corrected chi connectivity index (χ4v) is 5.86. The van der Waals surface area contributed by atoms with Crippen molar-refractivity contribution in [3.05, 3.63) is 163 Å². The van der Waals surface area contributed by atoms with Crippen molar-refractivity contribution in [1.82, 2.24) is 9.55 Å². The molecule has 244 valence electrons. The quantitative estimate of drug-likeness (QED) is 0.131. The van der Waals surface area contributed by atoms with E-state index >= 15 is 0 Å². The van der Waals surface area contributed by atoms with Gasteiger partial charge >= 0.3 is 20.1 Å². The molecule has 6 heteroatoms. The summed E-state index contributed by atoms with van der Waals surface area (Å²) in [6.07, 6.45) is 7.58. The maximum Gasteiger partial charge on any atom is 3.00 e. The summed E-state index contributed by atoms with van der Waals surface area (Å²) in [5.74, 6) is 0. The second-order valence-electron chi connectivity index (χ2n) is 12.7. The van der Waals surface area contributed by atoms with Crippen molar-refractivity contribution < 1.29 is 33.2 Å². The van der Waals surface area contributed by atoms with Gasteiger partial charge in [0.05, 0.1) is 28.3 Å². The van der Waals surface area contributed by atoms with Crippen molar-refractivity contribution in [2.45, 2.75) is 26.2 Å². The van der Waals surface area contributed by atoms with Gasteiger partial charge in [-0.25, -0.2) is 0 Å². The van der Waals surface area contributed by atoms with Crippen molar-refractivity contribution in [3.63, 3.8) is 0 Å². The summed E-state index contributed by atoms with van der Waals surface area (Å²) in [6.45, 7) is 4.48. The summed E-state index contributed by atoms with van der Waals surface area (Å²) in [5, 5.41) is 11.9. The standard InChI is InChI=1S/C34H25N2O.C10H9N2.Ir/c1-34(2,3)26-17-14-23(15-18-26)22-10-12-24(13-11-22)31-25(21-35)16-19-28-27-7-6-8-29(32(27)37-33(28)31)30-9-4-5-20-36-30;1-11-7-8-12(9-11)10-5-3-2-4-6-10;/h4-7,9-20H,1-3H3;2-5,7-8H,1H3;/q2*-1;+3/i;1D3;. The number of hydrogen-bond acceptors (Lipinski definition) is 3. The number of nitrogens with zero attached hydrogens (tertiary/aromatic N) is 4. The Morgan fingerprint density at radius 2 is 1.52 bits per heavy atom. The molecule has 0 atom stereocenters. The Morgan fingerprint density at radius 3 is 2.16 bits per heavy atom. The third kappa shape index (κ3) is 6.93. The van der Waals surface area contributed by atoms with Crippen LogP contribution in [0.1, 0.15) is 36.0 Å². The number of rotatable bonds is 4. The molecule has 0 spiro atoms. The number of nitriles is 1. The number of para-hydroxylation sites is 1. The molecule has 0 radical (unpaired) electrons.